The van der Waals surface area contributed by atoms with E-state index in [0.717, 1.165) is 78.0 Å². The van der Waals surface area contributed by atoms with Crippen molar-refractivity contribution in [3.63, 3.8) is 0 Å². The van der Waals surface area contributed by atoms with Crippen LogP contribution in [0.4, 0.5) is 0 Å². The lowest BCUT2D eigenvalue weighted by Crippen LogP contribution is -2.03. The van der Waals surface area contributed by atoms with Crippen LogP contribution in [0, 0.1) is 0 Å². The number of fused-ring (bicyclic) bond motifs is 10. The van der Waals surface area contributed by atoms with E-state index in [9.17, 15) is 0 Å². The van der Waals surface area contributed by atoms with Gasteiger partial charge in [0, 0.05) is 38.1 Å². The van der Waals surface area contributed by atoms with Crippen LogP contribution in [0.1, 0.15) is 0 Å². The van der Waals surface area contributed by atoms with Crippen molar-refractivity contribution in [2.45, 2.75) is 0 Å². The summed E-state index contributed by atoms with van der Waals surface area (Å²) in [5.41, 5.74) is 11.3. The molecule has 0 bridgehead atoms. The first-order valence-corrected chi connectivity index (χ1v) is 18.8. The second-order valence-electron chi connectivity index (χ2n) is 14.2. The van der Waals surface area contributed by atoms with Crippen molar-refractivity contribution in [1.29, 1.82) is 0 Å². The SMILES string of the molecule is c1ccc(-c2nc(-c3ccc4c5ccccc5n(-c5ccccc5-n5c6ccccc6c6ccc7oc8ccccc8c7c65)c4c3)n(-c3ccccc3)n2)cc1. The summed E-state index contributed by atoms with van der Waals surface area (Å²) in [4.78, 5) is 5.20. The Morgan fingerprint density at radius 3 is 1.79 bits per heavy atom. The molecular formula is C50H31N5O. The third-order valence-electron chi connectivity index (χ3n) is 11.1. The van der Waals surface area contributed by atoms with E-state index in [4.69, 9.17) is 14.5 Å². The number of hydrogen-bond acceptors (Lipinski definition) is 3. The van der Waals surface area contributed by atoms with Gasteiger partial charge in [-0.15, -0.1) is 5.10 Å². The van der Waals surface area contributed by atoms with E-state index in [-0.39, 0.29) is 0 Å². The average molecular weight is 718 g/mol. The molecule has 0 fully saturated rings. The van der Waals surface area contributed by atoms with Crippen LogP contribution in [-0.4, -0.2) is 23.9 Å². The van der Waals surface area contributed by atoms with Crippen LogP contribution in [0.2, 0.25) is 0 Å². The van der Waals surface area contributed by atoms with Gasteiger partial charge in [-0.1, -0.05) is 127 Å². The third-order valence-corrected chi connectivity index (χ3v) is 11.1. The number of hydrogen-bond donors (Lipinski definition) is 0. The minimum atomic E-state index is 0.680. The lowest BCUT2D eigenvalue weighted by molar-refractivity contribution is 0.669. The highest BCUT2D eigenvalue weighted by Gasteiger charge is 2.23. The van der Waals surface area contributed by atoms with Crippen LogP contribution in [0.25, 0.3) is 105 Å². The van der Waals surface area contributed by atoms with Crippen molar-refractivity contribution in [3.8, 4) is 39.8 Å². The number of furan rings is 1. The van der Waals surface area contributed by atoms with Crippen molar-refractivity contribution < 1.29 is 4.42 Å². The normalized spacial score (nSPS) is 11.9. The molecule has 0 amide bonds. The van der Waals surface area contributed by atoms with Crippen LogP contribution in [0.15, 0.2) is 192 Å². The van der Waals surface area contributed by atoms with E-state index in [1.54, 1.807) is 0 Å². The molecule has 0 unspecified atom stereocenters. The maximum Gasteiger partial charge on any atom is 0.182 e. The summed E-state index contributed by atoms with van der Waals surface area (Å²) in [5, 5.41) is 12.0. The van der Waals surface area contributed by atoms with Crippen LogP contribution in [0.3, 0.4) is 0 Å². The lowest BCUT2D eigenvalue weighted by atomic mass is 10.1. The molecule has 6 nitrogen and oxygen atoms in total. The Kier molecular flexibility index (Phi) is 6.53. The molecule has 4 aromatic heterocycles. The Morgan fingerprint density at radius 1 is 0.411 bits per heavy atom. The topological polar surface area (TPSA) is 53.7 Å². The largest absolute Gasteiger partial charge is 0.456 e. The predicted molar refractivity (Wildman–Crippen MR) is 228 cm³/mol. The number of rotatable bonds is 5. The molecule has 0 spiro atoms. The number of para-hydroxylation sites is 6. The van der Waals surface area contributed by atoms with E-state index in [0.29, 0.717) is 5.82 Å². The van der Waals surface area contributed by atoms with Gasteiger partial charge >= 0.3 is 0 Å². The van der Waals surface area contributed by atoms with Gasteiger partial charge < -0.3 is 13.6 Å². The van der Waals surface area contributed by atoms with Gasteiger partial charge in [0.2, 0.25) is 0 Å². The highest BCUT2D eigenvalue weighted by molar-refractivity contribution is 6.24. The van der Waals surface area contributed by atoms with E-state index in [1.807, 2.05) is 47.1 Å². The second-order valence-corrected chi connectivity index (χ2v) is 14.2. The van der Waals surface area contributed by atoms with Crippen LogP contribution in [0.5, 0.6) is 0 Å². The number of nitrogens with zero attached hydrogens (tertiary/aromatic N) is 5. The fourth-order valence-electron chi connectivity index (χ4n) is 8.68. The fraction of sp³-hybridized carbons (Fsp3) is 0. The molecule has 0 aliphatic rings. The highest BCUT2D eigenvalue weighted by atomic mass is 16.3. The highest BCUT2D eigenvalue weighted by Crippen LogP contribution is 2.43. The second kappa shape index (κ2) is 11.9. The first-order chi connectivity index (χ1) is 27.8. The standard InChI is InChI=1S/C50H31N5O/c1-3-15-32(16-4-1)49-51-50(55(52-49)34-17-5-2-6-18-34)33-27-28-37-35-19-7-10-22-40(35)53(44(37)31-33)42-24-12-13-25-43(42)54-41-23-11-8-20-36(41)38-29-30-46-47(48(38)54)39-21-9-14-26-45(39)56-46/h1-31H. The van der Waals surface area contributed by atoms with Gasteiger partial charge in [0.1, 0.15) is 11.2 Å². The van der Waals surface area contributed by atoms with Crippen LogP contribution >= 0.6 is 0 Å². The minimum absolute atomic E-state index is 0.680. The summed E-state index contributed by atoms with van der Waals surface area (Å²) >= 11 is 0. The van der Waals surface area contributed by atoms with Gasteiger partial charge in [-0.25, -0.2) is 9.67 Å². The maximum absolute atomic E-state index is 6.46. The Labute approximate surface area is 320 Å². The molecule has 12 aromatic rings. The van der Waals surface area contributed by atoms with Crippen molar-refractivity contribution in [2.75, 3.05) is 0 Å². The number of benzene rings is 8. The molecule has 0 aliphatic carbocycles. The first-order valence-electron chi connectivity index (χ1n) is 18.8. The van der Waals surface area contributed by atoms with Crippen molar-refractivity contribution in [2.24, 2.45) is 0 Å². The van der Waals surface area contributed by atoms with Gasteiger partial charge in [0.25, 0.3) is 0 Å². The molecule has 56 heavy (non-hydrogen) atoms. The monoisotopic (exact) mass is 717 g/mol. The molecule has 6 heteroatoms. The first kappa shape index (κ1) is 30.7. The van der Waals surface area contributed by atoms with Crippen molar-refractivity contribution >= 4 is 65.6 Å². The van der Waals surface area contributed by atoms with E-state index in [1.165, 1.54) is 21.5 Å². The Bertz CT molecular complexity index is 3480. The summed E-state index contributed by atoms with van der Waals surface area (Å²) in [5.74, 6) is 1.46. The molecule has 0 N–H and O–H groups in total. The Hall–Kier alpha value is -7.70. The van der Waals surface area contributed by atoms with E-state index >= 15 is 0 Å². The molecule has 0 atom stereocenters. The third kappa shape index (κ3) is 4.44. The minimum Gasteiger partial charge on any atom is -0.456 e. The quantitative estimate of drug-likeness (QED) is 0.178. The Balaban J connectivity index is 1.16. The maximum atomic E-state index is 6.46. The van der Waals surface area contributed by atoms with Crippen molar-refractivity contribution in [3.05, 3.63) is 188 Å². The molecule has 0 saturated heterocycles. The summed E-state index contributed by atoms with van der Waals surface area (Å²) < 4.78 is 13.3. The fourth-order valence-corrected chi connectivity index (χ4v) is 8.68. The molecule has 4 heterocycles. The summed E-state index contributed by atoms with van der Waals surface area (Å²) in [6, 6.07) is 65.9. The van der Waals surface area contributed by atoms with Crippen LogP contribution in [-0.2, 0) is 0 Å². The predicted octanol–water partition coefficient (Wildman–Crippen LogP) is 12.7. The molecular weight excluding hydrogens is 687 g/mol. The summed E-state index contributed by atoms with van der Waals surface area (Å²) in [7, 11) is 0. The van der Waals surface area contributed by atoms with Crippen LogP contribution < -0.4 is 0 Å². The molecule has 8 aromatic carbocycles. The Morgan fingerprint density at radius 2 is 1.00 bits per heavy atom. The molecule has 0 saturated carbocycles. The molecule has 0 aliphatic heterocycles. The van der Waals surface area contributed by atoms with E-state index < -0.39 is 0 Å². The zero-order chi connectivity index (χ0) is 36.7. The number of aromatic nitrogens is 5. The van der Waals surface area contributed by atoms with Gasteiger partial charge in [-0.05, 0) is 60.7 Å². The van der Waals surface area contributed by atoms with Gasteiger partial charge in [0.05, 0.1) is 44.5 Å². The van der Waals surface area contributed by atoms with E-state index in [2.05, 4.69) is 155 Å². The lowest BCUT2D eigenvalue weighted by Gasteiger charge is -2.17. The van der Waals surface area contributed by atoms with Gasteiger partial charge in [-0.3, -0.25) is 0 Å². The smallest absolute Gasteiger partial charge is 0.182 e. The van der Waals surface area contributed by atoms with Crippen molar-refractivity contribution in [1.82, 2.24) is 23.9 Å². The molecule has 262 valence electrons. The van der Waals surface area contributed by atoms with Gasteiger partial charge in [-0.2, -0.15) is 0 Å². The van der Waals surface area contributed by atoms with Gasteiger partial charge in [0.15, 0.2) is 11.6 Å². The molecule has 0 radical (unpaired) electrons. The zero-order valence-electron chi connectivity index (χ0n) is 30.0. The zero-order valence-corrected chi connectivity index (χ0v) is 30.0. The average Bonchev–Trinajstić information content (AvgIpc) is 4.04. The molecule has 12 rings (SSSR count). The summed E-state index contributed by atoms with van der Waals surface area (Å²) in [6.45, 7) is 0. The summed E-state index contributed by atoms with van der Waals surface area (Å²) in [6.07, 6.45) is 0.